The molecule has 0 rings (SSSR count). The number of ether oxygens (including phenoxy) is 3. The van der Waals surface area contributed by atoms with Crippen LogP contribution in [0.15, 0.2) is 24.3 Å². The van der Waals surface area contributed by atoms with Gasteiger partial charge < -0.3 is 14.2 Å². The Morgan fingerprint density at radius 2 is 0.458 bits per heavy atom. The summed E-state index contributed by atoms with van der Waals surface area (Å²) in [6.45, 7) is 6.67. The summed E-state index contributed by atoms with van der Waals surface area (Å²) in [5, 5.41) is 0. The van der Waals surface area contributed by atoms with Crippen molar-refractivity contribution < 1.29 is 28.6 Å². The molecule has 0 bridgehead atoms. The summed E-state index contributed by atoms with van der Waals surface area (Å²) >= 11 is 0. The lowest BCUT2D eigenvalue weighted by molar-refractivity contribution is -0.167. The van der Waals surface area contributed by atoms with Crippen LogP contribution < -0.4 is 0 Å². The quantitative estimate of drug-likeness (QED) is 0.0261. The van der Waals surface area contributed by atoms with E-state index in [-0.39, 0.29) is 31.1 Å². The van der Waals surface area contributed by atoms with Gasteiger partial charge in [-0.3, -0.25) is 14.4 Å². The summed E-state index contributed by atoms with van der Waals surface area (Å²) in [7, 11) is 0. The summed E-state index contributed by atoms with van der Waals surface area (Å²) in [5.74, 6) is -0.860. The highest BCUT2D eigenvalue weighted by Crippen LogP contribution is 2.18. The molecule has 0 fully saturated rings. The lowest BCUT2D eigenvalue weighted by Gasteiger charge is -2.18. The third kappa shape index (κ3) is 58.8. The van der Waals surface area contributed by atoms with Crippen molar-refractivity contribution in [2.45, 2.75) is 367 Å². The minimum Gasteiger partial charge on any atom is -0.462 e. The van der Waals surface area contributed by atoms with Gasteiger partial charge in [-0.15, -0.1) is 0 Å². The monoisotopic (exact) mass is 1010 g/mol. The maximum atomic E-state index is 12.9. The summed E-state index contributed by atoms with van der Waals surface area (Å²) in [4.78, 5) is 38.2. The molecule has 0 aromatic rings. The van der Waals surface area contributed by atoms with Crippen LogP contribution in [0.4, 0.5) is 0 Å². The molecule has 0 aliphatic carbocycles. The molecule has 424 valence electrons. The molecule has 0 saturated heterocycles. The Kier molecular flexibility index (Phi) is 59.6. The molecule has 0 spiro atoms. The summed E-state index contributed by atoms with van der Waals surface area (Å²) in [6.07, 6.45) is 73.4. The smallest absolute Gasteiger partial charge is 0.306 e. The molecule has 6 nitrogen and oxygen atoms in total. The zero-order chi connectivity index (χ0) is 52.2. The Hall–Kier alpha value is -2.11. The zero-order valence-corrected chi connectivity index (χ0v) is 48.7. The lowest BCUT2D eigenvalue weighted by atomic mass is 10.0. The van der Waals surface area contributed by atoms with Crippen LogP contribution in [-0.2, 0) is 28.6 Å². The Bertz CT molecular complexity index is 1160. The summed E-state index contributed by atoms with van der Waals surface area (Å²) < 4.78 is 16.9. The third-order valence-corrected chi connectivity index (χ3v) is 14.7. The lowest BCUT2D eigenvalue weighted by Crippen LogP contribution is -2.30. The van der Waals surface area contributed by atoms with Crippen molar-refractivity contribution in [3.8, 4) is 0 Å². The van der Waals surface area contributed by atoms with E-state index in [1.165, 1.54) is 257 Å². The number of esters is 3. The normalized spacial score (nSPS) is 12.1. The van der Waals surface area contributed by atoms with Crippen LogP contribution in [-0.4, -0.2) is 37.2 Å². The average Bonchev–Trinajstić information content (AvgIpc) is 3.38. The molecule has 0 radical (unpaired) electrons. The van der Waals surface area contributed by atoms with E-state index in [0.717, 1.165) is 64.2 Å². The van der Waals surface area contributed by atoms with E-state index in [1.54, 1.807) is 0 Å². The molecule has 6 heteroatoms. The highest BCUT2D eigenvalue weighted by Gasteiger charge is 2.19. The Morgan fingerprint density at radius 3 is 0.722 bits per heavy atom. The van der Waals surface area contributed by atoms with Gasteiger partial charge in [-0.05, 0) is 70.6 Å². The highest BCUT2D eigenvalue weighted by molar-refractivity contribution is 5.71. The molecule has 1 atom stereocenters. The molecule has 0 saturated carbocycles. The molecule has 72 heavy (non-hydrogen) atoms. The number of allylic oxidation sites excluding steroid dienone is 4. The molecule has 0 aliphatic heterocycles. The van der Waals surface area contributed by atoms with Crippen molar-refractivity contribution in [1.82, 2.24) is 0 Å². The second-order valence-corrected chi connectivity index (χ2v) is 22.0. The topological polar surface area (TPSA) is 78.9 Å². The van der Waals surface area contributed by atoms with Gasteiger partial charge in [0.2, 0.25) is 0 Å². The molecule has 0 aromatic heterocycles. The van der Waals surface area contributed by atoms with Gasteiger partial charge in [-0.1, -0.05) is 295 Å². The van der Waals surface area contributed by atoms with Crippen LogP contribution >= 0.6 is 0 Å². The highest BCUT2D eigenvalue weighted by atomic mass is 16.6. The summed E-state index contributed by atoms with van der Waals surface area (Å²) in [5.41, 5.74) is 0. The van der Waals surface area contributed by atoms with E-state index in [9.17, 15) is 14.4 Å². The van der Waals surface area contributed by atoms with E-state index in [4.69, 9.17) is 14.2 Å². The fourth-order valence-electron chi connectivity index (χ4n) is 9.79. The first-order valence-corrected chi connectivity index (χ1v) is 32.3. The largest absolute Gasteiger partial charge is 0.462 e. The van der Waals surface area contributed by atoms with Crippen LogP contribution in [0.2, 0.25) is 0 Å². The van der Waals surface area contributed by atoms with Gasteiger partial charge in [0.1, 0.15) is 13.2 Å². The number of carbonyl (C=O) groups is 3. The fourth-order valence-corrected chi connectivity index (χ4v) is 9.79. The maximum absolute atomic E-state index is 12.9. The van der Waals surface area contributed by atoms with Crippen molar-refractivity contribution in [2.75, 3.05) is 13.2 Å². The van der Waals surface area contributed by atoms with E-state index >= 15 is 0 Å². The first-order valence-electron chi connectivity index (χ1n) is 32.3. The maximum Gasteiger partial charge on any atom is 0.306 e. The number of hydrogen-bond donors (Lipinski definition) is 0. The van der Waals surface area contributed by atoms with Gasteiger partial charge in [-0.2, -0.15) is 0 Å². The van der Waals surface area contributed by atoms with Crippen LogP contribution in [0, 0.1) is 0 Å². The van der Waals surface area contributed by atoms with Crippen molar-refractivity contribution >= 4 is 17.9 Å². The Labute approximate surface area is 449 Å². The second-order valence-electron chi connectivity index (χ2n) is 22.0. The first kappa shape index (κ1) is 69.9. The van der Waals surface area contributed by atoms with Gasteiger partial charge in [0.15, 0.2) is 6.10 Å². The van der Waals surface area contributed by atoms with Crippen LogP contribution in [0.25, 0.3) is 0 Å². The molecule has 1 unspecified atom stereocenters. The van der Waals surface area contributed by atoms with Crippen molar-refractivity contribution in [3.05, 3.63) is 24.3 Å². The molecular weight excluding hydrogens is 889 g/mol. The summed E-state index contributed by atoms with van der Waals surface area (Å²) in [6, 6.07) is 0. The number of carbonyl (C=O) groups excluding carboxylic acids is 3. The zero-order valence-electron chi connectivity index (χ0n) is 48.7. The third-order valence-electron chi connectivity index (χ3n) is 14.7. The SMILES string of the molecule is CCCCC/C=C\CCCCCCCC(=O)OCC(COC(=O)CCCCCCCCCCCCCCCCCCCCCCCCCC)OC(=O)CCCCCCCCC/C=C\CCCCCCCCC. The molecule has 0 aliphatic rings. The standard InChI is InChI=1S/C66H124O6/c1-4-7-10-13-16-19-22-25-27-29-31-32-33-34-35-36-38-39-41-44-47-50-53-56-59-65(68)71-62-63(61-70-64(67)58-55-52-49-46-43-24-21-18-15-12-9-6-3)72-66(69)60-57-54-51-48-45-42-40-37-30-28-26-23-20-17-14-11-8-5-2/h18,21,28,30,63H,4-17,19-20,22-27,29,31-62H2,1-3H3/b21-18-,30-28-. The average molecular weight is 1010 g/mol. The minimum absolute atomic E-state index is 0.0708. The van der Waals surface area contributed by atoms with Crippen molar-refractivity contribution in [3.63, 3.8) is 0 Å². The van der Waals surface area contributed by atoms with E-state index in [1.807, 2.05) is 0 Å². The van der Waals surface area contributed by atoms with Gasteiger partial charge in [-0.25, -0.2) is 0 Å². The van der Waals surface area contributed by atoms with E-state index in [2.05, 4.69) is 45.1 Å². The number of hydrogen-bond acceptors (Lipinski definition) is 6. The minimum atomic E-state index is -0.774. The Balaban J connectivity index is 4.22. The number of rotatable bonds is 60. The number of unbranched alkanes of at least 4 members (excludes halogenated alkanes) is 45. The van der Waals surface area contributed by atoms with Gasteiger partial charge in [0.05, 0.1) is 0 Å². The molecule has 0 amide bonds. The predicted octanol–water partition coefficient (Wildman–Crippen LogP) is 21.8. The van der Waals surface area contributed by atoms with Crippen molar-refractivity contribution in [2.24, 2.45) is 0 Å². The van der Waals surface area contributed by atoms with Gasteiger partial charge in [0.25, 0.3) is 0 Å². The van der Waals surface area contributed by atoms with Crippen LogP contribution in [0.1, 0.15) is 361 Å². The first-order chi connectivity index (χ1) is 35.5. The van der Waals surface area contributed by atoms with Gasteiger partial charge in [0, 0.05) is 19.3 Å². The Morgan fingerprint density at radius 1 is 0.264 bits per heavy atom. The molecule has 0 heterocycles. The predicted molar refractivity (Wildman–Crippen MR) is 312 cm³/mol. The molecule has 0 N–H and O–H groups in total. The molecule has 0 aromatic carbocycles. The fraction of sp³-hybridized carbons (Fsp3) is 0.894. The van der Waals surface area contributed by atoms with Crippen LogP contribution in [0.3, 0.4) is 0 Å². The van der Waals surface area contributed by atoms with Crippen LogP contribution in [0.5, 0.6) is 0 Å². The second kappa shape index (κ2) is 61.4. The van der Waals surface area contributed by atoms with E-state index in [0.29, 0.717) is 19.3 Å². The van der Waals surface area contributed by atoms with Gasteiger partial charge >= 0.3 is 17.9 Å². The van der Waals surface area contributed by atoms with Crippen molar-refractivity contribution in [1.29, 1.82) is 0 Å². The molecular formula is C66H124O6. The van der Waals surface area contributed by atoms with E-state index < -0.39 is 6.10 Å².